The average molecular weight is 526 g/mol. The number of nitrogens with zero attached hydrogens (tertiary/aromatic N) is 1. The lowest BCUT2D eigenvalue weighted by Gasteiger charge is -2.12. The van der Waals surface area contributed by atoms with Crippen molar-refractivity contribution in [3.63, 3.8) is 0 Å². The lowest BCUT2D eigenvalue weighted by Crippen LogP contribution is -2.37. The highest BCUT2D eigenvalue weighted by Gasteiger charge is 2.06. The van der Waals surface area contributed by atoms with E-state index in [9.17, 15) is 12.8 Å². The Morgan fingerprint density at radius 2 is 1.74 bits per heavy atom. The molecule has 2 N–H and O–H groups in total. The van der Waals surface area contributed by atoms with Crippen LogP contribution in [0.2, 0.25) is 5.02 Å². The maximum absolute atomic E-state index is 13.2. The van der Waals surface area contributed by atoms with E-state index in [4.69, 9.17) is 11.6 Å². The smallest absolute Gasteiger partial charge is 0.191 e. The van der Waals surface area contributed by atoms with Crippen LogP contribution in [0.15, 0.2) is 52.4 Å². The second-order valence-corrected chi connectivity index (χ2v) is 8.19. The van der Waals surface area contributed by atoms with Crippen LogP contribution in [0.25, 0.3) is 0 Å². The molecular formula is C18H22ClFIN3O2S. The summed E-state index contributed by atoms with van der Waals surface area (Å²) in [5, 5.41) is 6.39. The quantitative estimate of drug-likeness (QED) is 0.345. The van der Waals surface area contributed by atoms with Gasteiger partial charge in [0, 0.05) is 26.4 Å². The molecule has 0 unspecified atom stereocenters. The van der Waals surface area contributed by atoms with Crippen LogP contribution in [0.5, 0.6) is 0 Å². The van der Waals surface area contributed by atoms with Gasteiger partial charge in [-0.2, -0.15) is 0 Å². The lowest BCUT2D eigenvalue weighted by molar-refractivity contribution is 0.602. The van der Waals surface area contributed by atoms with Crippen LogP contribution >= 0.6 is 35.6 Å². The fourth-order valence-electron chi connectivity index (χ4n) is 2.28. The number of sulfone groups is 1. The molecule has 9 heteroatoms. The molecule has 0 amide bonds. The molecule has 27 heavy (non-hydrogen) atoms. The Bertz CT molecular complexity index is 890. The molecule has 2 rings (SSSR count). The molecule has 5 nitrogen and oxygen atoms in total. The van der Waals surface area contributed by atoms with Crippen LogP contribution in [0, 0.1) is 5.82 Å². The van der Waals surface area contributed by atoms with Gasteiger partial charge in [0.1, 0.15) is 5.82 Å². The zero-order chi connectivity index (χ0) is 19.2. The number of nitrogens with one attached hydrogen (secondary N) is 2. The Balaban J connectivity index is 0.00000364. The number of benzene rings is 2. The summed E-state index contributed by atoms with van der Waals surface area (Å²) in [4.78, 5) is 4.44. The molecule has 0 aliphatic heterocycles. The minimum absolute atomic E-state index is 0. The lowest BCUT2D eigenvalue weighted by atomic mass is 10.1. The number of guanidine groups is 1. The first-order valence-electron chi connectivity index (χ1n) is 7.97. The van der Waals surface area contributed by atoms with E-state index in [2.05, 4.69) is 15.6 Å². The summed E-state index contributed by atoms with van der Waals surface area (Å²) in [5.41, 5.74) is 1.86. The van der Waals surface area contributed by atoms with Crippen molar-refractivity contribution >= 4 is 51.4 Å². The average Bonchev–Trinajstić information content (AvgIpc) is 2.60. The van der Waals surface area contributed by atoms with Crippen molar-refractivity contribution in [1.29, 1.82) is 0 Å². The molecule has 0 atom stereocenters. The Morgan fingerprint density at radius 1 is 1.11 bits per heavy atom. The van der Waals surface area contributed by atoms with Gasteiger partial charge in [0.05, 0.1) is 9.92 Å². The van der Waals surface area contributed by atoms with Crippen molar-refractivity contribution in [3.05, 3.63) is 64.4 Å². The number of hydrogen-bond acceptors (Lipinski definition) is 3. The topological polar surface area (TPSA) is 70.6 Å². The van der Waals surface area contributed by atoms with E-state index >= 15 is 0 Å². The van der Waals surface area contributed by atoms with Gasteiger partial charge in [-0.15, -0.1) is 24.0 Å². The predicted octanol–water partition coefficient (Wildman–Crippen LogP) is 3.41. The summed E-state index contributed by atoms with van der Waals surface area (Å²) in [6, 6.07) is 11.4. The molecule has 2 aromatic rings. The predicted molar refractivity (Wildman–Crippen MR) is 118 cm³/mol. The van der Waals surface area contributed by atoms with Crippen molar-refractivity contribution in [2.75, 3.05) is 19.8 Å². The molecule has 148 valence electrons. The highest BCUT2D eigenvalue weighted by atomic mass is 127. The summed E-state index contributed by atoms with van der Waals surface area (Å²) in [6.45, 7) is 1.09. The third-order valence-electron chi connectivity index (χ3n) is 3.73. The second-order valence-electron chi connectivity index (χ2n) is 5.77. The molecule has 0 aliphatic rings. The van der Waals surface area contributed by atoms with Gasteiger partial charge in [0.25, 0.3) is 0 Å². The van der Waals surface area contributed by atoms with Crippen molar-refractivity contribution in [3.8, 4) is 0 Å². The van der Waals surface area contributed by atoms with E-state index in [1.807, 2.05) is 0 Å². The van der Waals surface area contributed by atoms with Gasteiger partial charge in [-0.3, -0.25) is 4.99 Å². The van der Waals surface area contributed by atoms with Gasteiger partial charge in [-0.05, 0) is 41.8 Å². The van der Waals surface area contributed by atoms with E-state index < -0.39 is 15.7 Å². The molecule has 0 radical (unpaired) electrons. The van der Waals surface area contributed by atoms with E-state index in [-0.39, 0.29) is 29.0 Å². The molecule has 2 aromatic carbocycles. The third kappa shape index (κ3) is 7.63. The first kappa shape index (κ1) is 23.6. The largest absolute Gasteiger partial charge is 0.356 e. The van der Waals surface area contributed by atoms with Crippen LogP contribution in [-0.2, 0) is 22.8 Å². The summed E-state index contributed by atoms with van der Waals surface area (Å²) < 4.78 is 36.1. The maximum Gasteiger partial charge on any atom is 0.191 e. The van der Waals surface area contributed by atoms with Gasteiger partial charge in [0.2, 0.25) is 0 Å². The molecule has 0 heterocycles. The first-order valence-corrected chi connectivity index (χ1v) is 10.2. The van der Waals surface area contributed by atoms with E-state index in [1.54, 1.807) is 43.4 Å². The minimum Gasteiger partial charge on any atom is -0.356 e. The van der Waals surface area contributed by atoms with Crippen molar-refractivity contribution in [2.45, 2.75) is 17.9 Å². The van der Waals surface area contributed by atoms with Gasteiger partial charge in [0.15, 0.2) is 15.8 Å². The summed E-state index contributed by atoms with van der Waals surface area (Å²) in [6.07, 6.45) is 1.90. The number of halogens is 3. The zero-order valence-electron chi connectivity index (χ0n) is 15.0. The summed E-state index contributed by atoms with van der Waals surface area (Å²) >= 11 is 5.77. The Hall–Kier alpha value is -1.39. The number of hydrogen-bond donors (Lipinski definition) is 2. The van der Waals surface area contributed by atoms with E-state index in [0.29, 0.717) is 30.4 Å². The Kier molecular flexibility index (Phi) is 9.48. The van der Waals surface area contributed by atoms with Gasteiger partial charge < -0.3 is 10.6 Å². The van der Waals surface area contributed by atoms with Crippen LogP contribution in [0.4, 0.5) is 4.39 Å². The standard InChI is InChI=1S/C18H21ClFN3O2S.HI/c1-21-18(23-12-14-5-8-17(20)16(19)11-14)22-10-9-13-3-6-15(7-4-13)26(2,24)25;/h3-8,11H,9-10,12H2,1-2H3,(H2,21,22,23);1H. The van der Waals surface area contributed by atoms with Crippen molar-refractivity contribution in [2.24, 2.45) is 4.99 Å². The number of rotatable bonds is 6. The monoisotopic (exact) mass is 525 g/mol. The Morgan fingerprint density at radius 3 is 2.30 bits per heavy atom. The van der Waals surface area contributed by atoms with Crippen LogP contribution in [0.1, 0.15) is 11.1 Å². The number of aliphatic imine (C=N–C) groups is 1. The first-order chi connectivity index (χ1) is 12.3. The molecule has 0 aromatic heterocycles. The molecule has 0 aliphatic carbocycles. The maximum atomic E-state index is 13.2. The SMILES string of the molecule is CN=C(NCCc1ccc(S(C)(=O)=O)cc1)NCc1ccc(F)c(Cl)c1.I. The van der Waals surface area contributed by atoms with Crippen LogP contribution < -0.4 is 10.6 Å². The molecule has 0 saturated heterocycles. The van der Waals surface area contributed by atoms with Crippen LogP contribution in [-0.4, -0.2) is 34.2 Å². The normalized spacial score (nSPS) is 11.6. The van der Waals surface area contributed by atoms with Crippen molar-refractivity contribution < 1.29 is 12.8 Å². The third-order valence-corrected chi connectivity index (χ3v) is 5.14. The molecular weight excluding hydrogens is 504 g/mol. The van der Waals surface area contributed by atoms with E-state index in [0.717, 1.165) is 11.1 Å². The summed E-state index contributed by atoms with van der Waals surface area (Å²) in [5.74, 6) is 0.165. The van der Waals surface area contributed by atoms with Crippen molar-refractivity contribution in [1.82, 2.24) is 10.6 Å². The fourth-order valence-corrected chi connectivity index (χ4v) is 3.12. The minimum atomic E-state index is -3.17. The molecule has 0 spiro atoms. The van der Waals surface area contributed by atoms with Gasteiger partial charge in [-0.1, -0.05) is 29.8 Å². The van der Waals surface area contributed by atoms with Gasteiger partial charge >= 0.3 is 0 Å². The highest BCUT2D eigenvalue weighted by molar-refractivity contribution is 14.0. The molecule has 0 saturated carbocycles. The fraction of sp³-hybridized carbons (Fsp3) is 0.278. The van der Waals surface area contributed by atoms with E-state index in [1.165, 1.54) is 12.3 Å². The Labute approximate surface area is 181 Å². The zero-order valence-corrected chi connectivity index (χ0v) is 18.9. The van der Waals surface area contributed by atoms with Crippen LogP contribution in [0.3, 0.4) is 0 Å². The summed E-state index contributed by atoms with van der Waals surface area (Å²) in [7, 11) is -1.51. The molecule has 0 fully saturated rings. The highest BCUT2D eigenvalue weighted by Crippen LogP contribution is 2.15. The molecule has 0 bridgehead atoms. The van der Waals surface area contributed by atoms with Gasteiger partial charge in [-0.25, -0.2) is 12.8 Å². The second kappa shape index (κ2) is 10.8.